The summed E-state index contributed by atoms with van der Waals surface area (Å²) < 4.78 is 6.83. The maximum Gasteiger partial charge on any atom is 0.289 e. The second-order valence-corrected chi connectivity index (χ2v) is 8.01. The van der Waals surface area contributed by atoms with Gasteiger partial charge in [-0.05, 0) is 61.4 Å². The second-order valence-electron chi connectivity index (χ2n) is 8.01. The van der Waals surface area contributed by atoms with E-state index >= 15 is 0 Å². The molecular weight excluding hydrogens is 408 g/mol. The van der Waals surface area contributed by atoms with Crippen molar-refractivity contribution in [3.8, 4) is 0 Å². The Hall–Kier alpha value is -3.81. The summed E-state index contributed by atoms with van der Waals surface area (Å²) in [6.45, 7) is 5.70. The van der Waals surface area contributed by atoms with Crippen LogP contribution in [0.3, 0.4) is 0 Å². The number of carbonyl (C=O) groups excluding carboxylic acids is 3. The first-order valence-corrected chi connectivity index (χ1v) is 10.6. The lowest BCUT2D eigenvalue weighted by Crippen LogP contribution is -2.50. The number of hydrogen-bond donors (Lipinski definition) is 1. The van der Waals surface area contributed by atoms with Crippen molar-refractivity contribution in [3.63, 3.8) is 0 Å². The largest absolute Gasteiger partial charge is 0.459 e. The highest BCUT2D eigenvalue weighted by Gasteiger charge is 2.27. The van der Waals surface area contributed by atoms with Gasteiger partial charge in [0.15, 0.2) is 5.76 Å². The lowest BCUT2D eigenvalue weighted by atomic mass is 10.1. The third-order valence-electron chi connectivity index (χ3n) is 5.45. The Balaban J connectivity index is 1.36. The summed E-state index contributed by atoms with van der Waals surface area (Å²) in [5.41, 5.74) is 3.33. The predicted molar refractivity (Wildman–Crippen MR) is 119 cm³/mol. The molecule has 8 nitrogen and oxygen atoms in total. The van der Waals surface area contributed by atoms with Crippen molar-refractivity contribution < 1.29 is 18.8 Å². The number of carbonyl (C=O) groups is 3. The fraction of sp³-hybridized carbons (Fsp3) is 0.292. The van der Waals surface area contributed by atoms with Gasteiger partial charge in [0.2, 0.25) is 5.91 Å². The smallest absolute Gasteiger partial charge is 0.289 e. The normalized spacial score (nSPS) is 13.8. The van der Waals surface area contributed by atoms with Gasteiger partial charge in [0.1, 0.15) is 12.2 Å². The monoisotopic (exact) mass is 434 g/mol. The highest BCUT2D eigenvalue weighted by atomic mass is 16.3. The average Bonchev–Trinajstić information content (AvgIpc) is 3.44. The molecule has 166 valence electrons. The van der Waals surface area contributed by atoms with Gasteiger partial charge in [0, 0.05) is 38.1 Å². The Morgan fingerprint density at radius 2 is 1.56 bits per heavy atom. The maximum absolute atomic E-state index is 13.1. The molecule has 1 N–H and O–H groups in total. The number of benzene rings is 1. The van der Waals surface area contributed by atoms with Crippen LogP contribution in [0, 0.1) is 13.8 Å². The number of rotatable bonds is 5. The van der Waals surface area contributed by atoms with Gasteiger partial charge in [-0.2, -0.15) is 0 Å². The first-order valence-electron chi connectivity index (χ1n) is 10.6. The maximum atomic E-state index is 13.1. The SMILES string of the molecule is Cc1cc(C)cc(NC(=O)Cn2cccc2C(=O)N2CCN(C(=O)c3ccco3)CC2)c1. The minimum Gasteiger partial charge on any atom is -0.459 e. The fourth-order valence-electron chi connectivity index (χ4n) is 3.98. The van der Waals surface area contributed by atoms with Crippen molar-refractivity contribution in [1.29, 1.82) is 0 Å². The van der Waals surface area contributed by atoms with E-state index in [1.165, 1.54) is 6.26 Å². The molecule has 1 aliphatic rings. The van der Waals surface area contributed by atoms with Gasteiger partial charge in [-0.15, -0.1) is 0 Å². The molecule has 0 atom stereocenters. The first kappa shape index (κ1) is 21.4. The van der Waals surface area contributed by atoms with E-state index in [1.54, 1.807) is 44.8 Å². The molecule has 1 fully saturated rings. The Morgan fingerprint density at radius 3 is 2.19 bits per heavy atom. The molecule has 4 rings (SSSR count). The number of aryl methyl sites for hydroxylation is 2. The zero-order chi connectivity index (χ0) is 22.7. The zero-order valence-corrected chi connectivity index (χ0v) is 18.2. The van der Waals surface area contributed by atoms with E-state index in [0.717, 1.165) is 16.8 Å². The third-order valence-corrected chi connectivity index (χ3v) is 5.45. The molecule has 32 heavy (non-hydrogen) atoms. The Kier molecular flexibility index (Phi) is 6.11. The van der Waals surface area contributed by atoms with Crippen LogP contribution in [-0.4, -0.2) is 58.3 Å². The molecule has 1 aliphatic heterocycles. The highest BCUT2D eigenvalue weighted by Crippen LogP contribution is 2.15. The first-order chi connectivity index (χ1) is 15.4. The predicted octanol–water partition coefficient (Wildman–Crippen LogP) is 2.93. The van der Waals surface area contributed by atoms with Crippen molar-refractivity contribution in [2.24, 2.45) is 0 Å². The van der Waals surface area contributed by atoms with Crippen LogP contribution < -0.4 is 5.32 Å². The molecule has 3 amide bonds. The topological polar surface area (TPSA) is 87.8 Å². The molecule has 0 unspecified atom stereocenters. The minimum absolute atomic E-state index is 0.0397. The summed E-state index contributed by atoms with van der Waals surface area (Å²) in [6, 6.07) is 12.7. The minimum atomic E-state index is -0.200. The van der Waals surface area contributed by atoms with Gasteiger partial charge in [-0.3, -0.25) is 14.4 Å². The van der Waals surface area contributed by atoms with Crippen molar-refractivity contribution in [2.45, 2.75) is 20.4 Å². The van der Waals surface area contributed by atoms with Gasteiger partial charge < -0.3 is 24.1 Å². The standard InChI is InChI=1S/C24H26N4O4/c1-17-13-18(2)15-19(14-17)25-22(29)16-28-7-3-5-20(28)23(30)26-8-10-27(11-9-26)24(31)21-6-4-12-32-21/h3-7,12-15H,8-11,16H2,1-2H3,(H,25,29). The second kappa shape index (κ2) is 9.13. The van der Waals surface area contributed by atoms with Crippen LogP contribution in [0.1, 0.15) is 32.2 Å². The van der Waals surface area contributed by atoms with Crippen molar-refractivity contribution in [3.05, 3.63) is 77.5 Å². The molecule has 0 saturated carbocycles. The summed E-state index contributed by atoms with van der Waals surface area (Å²) in [7, 11) is 0. The Bertz CT molecular complexity index is 1100. The Morgan fingerprint density at radius 1 is 0.906 bits per heavy atom. The van der Waals surface area contributed by atoms with E-state index in [-0.39, 0.29) is 24.3 Å². The van der Waals surface area contributed by atoms with Gasteiger partial charge in [0.25, 0.3) is 11.8 Å². The lowest BCUT2D eigenvalue weighted by Gasteiger charge is -2.34. The number of amides is 3. The Labute approximate surface area is 186 Å². The molecule has 2 aromatic heterocycles. The molecule has 0 aliphatic carbocycles. The molecular formula is C24H26N4O4. The van der Waals surface area contributed by atoms with Crippen LogP contribution in [0.2, 0.25) is 0 Å². The number of hydrogen-bond acceptors (Lipinski definition) is 4. The lowest BCUT2D eigenvalue weighted by molar-refractivity contribution is -0.116. The van der Waals surface area contributed by atoms with E-state index in [0.29, 0.717) is 37.6 Å². The molecule has 1 aromatic carbocycles. The summed E-state index contributed by atoms with van der Waals surface area (Å²) in [6.07, 6.45) is 3.20. The summed E-state index contributed by atoms with van der Waals surface area (Å²) in [5, 5.41) is 2.90. The summed E-state index contributed by atoms with van der Waals surface area (Å²) in [4.78, 5) is 41.4. The number of furan rings is 1. The fourth-order valence-corrected chi connectivity index (χ4v) is 3.98. The van der Waals surface area contributed by atoms with Gasteiger partial charge in [-0.1, -0.05) is 6.07 Å². The molecule has 3 heterocycles. The third kappa shape index (κ3) is 4.74. The number of piperazine rings is 1. The van der Waals surface area contributed by atoms with Crippen molar-refractivity contribution in [1.82, 2.24) is 14.4 Å². The number of aromatic nitrogens is 1. The molecule has 0 radical (unpaired) electrons. The highest BCUT2D eigenvalue weighted by molar-refractivity contribution is 5.95. The molecule has 1 saturated heterocycles. The van der Waals surface area contributed by atoms with Crippen molar-refractivity contribution in [2.75, 3.05) is 31.5 Å². The van der Waals surface area contributed by atoms with Gasteiger partial charge in [-0.25, -0.2) is 0 Å². The number of anilines is 1. The van der Waals surface area contributed by atoms with Crippen LogP contribution in [0.4, 0.5) is 5.69 Å². The van der Waals surface area contributed by atoms with Gasteiger partial charge in [0.05, 0.1) is 6.26 Å². The molecule has 8 heteroatoms. The van der Waals surface area contributed by atoms with Crippen LogP contribution in [0.25, 0.3) is 0 Å². The van der Waals surface area contributed by atoms with E-state index in [4.69, 9.17) is 4.42 Å². The number of nitrogens with zero attached hydrogens (tertiary/aromatic N) is 3. The van der Waals surface area contributed by atoms with Gasteiger partial charge >= 0.3 is 0 Å². The van der Waals surface area contributed by atoms with Crippen LogP contribution in [0.15, 0.2) is 59.3 Å². The van der Waals surface area contributed by atoms with Crippen LogP contribution in [0.5, 0.6) is 0 Å². The van der Waals surface area contributed by atoms with Crippen molar-refractivity contribution >= 4 is 23.4 Å². The van der Waals surface area contributed by atoms with E-state index < -0.39 is 0 Å². The van der Waals surface area contributed by atoms with E-state index in [1.807, 2.05) is 32.0 Å². The van der Waals surface area contributed by atoms with Crippen LogP contribution in [-0.2, 0) is 11.3 Å². The summed E-state index contributed by atoms with van der Waals surface area (Å²) in [5.74, 6) is -0.226. The van der Waals surface area contributed by atoms with E-state index in [2.05, 4.69) is 5.32 Å². The van der Waals surface area contributed by atoms with Crippen LogP contribution >= 0.6 is 0 Å². The molecule has 0 spiro atoms. The summed E-state index contributed by atoms with van der Waals surface area (Å²) >= 11 is 0. The molecule has 0 bridgehead atoms. The molecule has 3 aromatic rings. The van der Waals surface area contributed by atoms with E-state index in [9.17, 15) is 14.4 Å². The zero-order valence-electron chi connectivity index (χ0n) is 18.2. The quantitative estimate of drug-likeness (QED) is 0.669. The average molecular weight is 434 g/mol. The number of nitrogens with one attached hydrogen (secondary N) is 1.